The SMILES string of the molecule is FC1=CC=CC(c2nc3ccn(Cc4ccc(-c5ccc(F)cc5F)cc4)cc-3n2)C1F. The molecule has 160 valence electrons. The van der Waals surface area contributed by atoms with Gasteiger partial charge in [-0.2, -0.15) is 0 Å². The van der Waals surface area contributed by atoms with E-state index in [-0.39, 0.29) is 5.82 Å². The molecular formula is C25H17F4N3. The molecular weight excluding hydrogens is 418 g/mol. The van der Waals surface area contributed by atoms with E-state index in [1.54, 1.807) is 30.5 Å². The van der Waals surface area contributed by atoms with Gasteiger partial charge in [-0.1, -0.05) is 36.4 Å². The van der Waals surface area contributed by atoms with E-state index < -0.39 is 29.6 Å². The van der Waals surface area contributed by atoms with Crippen molar-refractivity contribution < 1.29 is 17.6 Å². The van der Waals surface area contributed by atoms with Crippen molar-refractivity contribution in [2.75, 3.05) is 0 Å². The van der Waals surface area contributed by atoms with Crippen LogP contribution in [-0.2, 0) is 6.54 Å². The van der Waals surface area contributed by atoms with Gasteiger partial charge in [0.25, 0.3) is 0 Å². The third-order valence-electron chi connectivity index (χ3n) is 5.46. The molecule has 32 heavy (non-hydrogen) atoms. The van der Waals surface area contributed by atoms with Crippen LogP contribution in [0.25, 0.3) is 22.5 Å². The first kappa shape index (κ1) is 20.2. The van der Waals surface area contributed by atoms with Gasteiger partial charge in [-0.25, -0.2) is 27.5 Å². The third-order valence-corrected chi connectivity index (χ3v) is 5.46. The summed E-state index contributed by atoms with van der Waals surface area (Å²) in [6.45, 7) is 0.525. The Bertz CT molecular complexity index is 1310. The predicted octanol–water partition coefficient (Wildman–Crippen LogP) is 6.22. The van der Waals surface area contributed by atoms with Crippen molar-refractivity contribution in [3.8, 4) is 22.5 Å². The monoisotopic (exact) mass is 435 g/mol. The Morgan fingerprint density at radius 1 is 0.906 bits per heavy atom. The lowest BCUT2D eigenvalue weighted by molar-refractivity contribution is 0.295. The molecule has 3 aliphatic rings. The number of alkyl halides is 1. The van der Waals surface area contributed by atoms with E-state index >= 15 is 0 Å². The van der Waals surface area contributed by atoms with Crippen molar-refractivity contribution >= 4 is 0 Å². The zero-order chi connectivity index (χ0) is 22.2. The average Bonchev–Trinajstić information content (AvgIpc) is 3.19. The maximum atomic E-state index is 14.2. The second-order valence-corrected chi connectivity index (χ2v) is 7.65. The number of aromatic nitrogens is 3. The second-order valence-electron chi connectivity index (χ2n) is 7.65. The van der Waals surface area contributed by atoms with Crippen LogP contribution >= 0.6 is 0 Å². The van der Waals surface area contributed by atoms with Crippen molar-refractivity contribution in [2.24, 2.45) is 0 Å². The first-order chi connectivity index (χ1) is 15.5. The highest BCUT2D eigenvalue weighted by Gasteiger charge is 2.30. The van der Waals surface area contributed by atoms with E-state index in [0.29, 0.717) is 29.1 Å². The fraction of sp³-hybridized carbons (Fsp3) is 0.120. The van der Waals surface area contributed by atoms with Crippen molar-refractivity contribution in [1.29, 1.82) is 0 Å². The molecule has 0 fully saturated rings. The minimum atomic E-state index is -1.78. The molecule has 0 saturated carbocycles. The van der Waals surface area contributed by atoms with Crippen LogP contribution in [0.4, 0.5) is 17.6 Å². The van der Waals surface area contributed by atoms with Crippen molar-refractivity contribution in [1.82, 2.24) is 14.5 Å². The van der Waals surface area contributed by atoms with Gasteiger partial charge in [0.1, 0.15) is 29.0 Å². The number of pyridine rings is 1. The summed E-state index contributed by atoms with van der Waals surface area (Å²) in [6, 6.07) is 12.6. The minimum absolute atomic E-state index is 0.246. The number of halogens is 4. The molecule has 0 amide bonds. The van der Waals surface area contributed by atoms with Gasteiger partial charge in [0, 0.05) is 30.6 Å². The summed E-state index contributed by atoms with van der Waals surface area (Å²) in [6.07, 6.45) is 5.98. The lowest BCUT2D eigenvalue weighted by atomic mass is 9.97. The van der Waals surface area contributed by atoms with E-state index in [9.17, 15) is 17.6 Å². The topological polar surface area (TPSA) is 30.7 Å². The van der Waals surface area contributed by atoms with E-state index in [1.807, 2.05) is 22.9 Å². The van der Waals surface area contributed by atoms with Crippen molar-refractivity contribution in [2.45, 2.75) is 18.6 Å². The van der Waals surface area contributed by atoms with Gasteiger partial charge < -0.3 is 4.57 Å². The Kier molecular flexibility index (Phi) is 5.09. The van der Waals surface area contributed by atoms with E-state index in [0.717, 1.165) is 17.7 Å². The molecule has 2 heterocycles. The summed E-state index contributed by atoms with van der Waals surface area (Å²) in [7, 11) is 0. The van der Waals surface area contributed by atoms with Crippen molar-refractivity contribution in [3.05, 3.63) is 108 Å². The number of hydrogen-bond donors (Lipinski definition) is 0. The largest absolute Gasteiger partial charge is 0.348 e. The molecule has 0 bridgehead atoms. The molecule has 0 aromatic heterocycles. The quantitative estimate of drug-likeness (QED) is 0.356. The maximum absolute atomic E-state index is 14.2. The van der Waals surface area contributed by atoms with Crippen LogP contribution in [0.2, 0.25) is 0 Å². The highest BCUT2D eigenvalue weighted by molar-refractivity contribution is 5.64. The number of imidazole rings is 1. The normalized spacial score (nSPS) is 18.2. The van der Waals surface area contributed by atoms with Gasteiger partial charge in [0.15, 0.2) is 6.17 Å². The average molecular weight is 435 g/mol. The standard InChI is InChI=1S/C25H17F4N3/c26-17-8-9-18(21(28)12-17)16-6-4-15(5-7-16)13-32-11-10-22-23(14-32)31-25(30-22)19-2-1-3-20(27)24(19)29/h1-12,14,19,24H,13H2. The molecule has 1 aliphatic carbocycles. The molecule has 0 N–H and O–H groups in total. The van der Waals surface area contributed by atoms with Gasteiger partial charge in [-0.15, -0.1) is 0 Å². The minimum Gasteiger partial charge on any atom is -0.348 e. The van der Waals surface area contributed by atoms with Crippen molar-refractivity contribution in [3.63, 3.8) is 0 Å². The van der Waals surface area contributed by atoms with Crippen LogP contribution in [0.3, 0.4) is 0 Å². The summed E-state index contributed by atoms with van der Waals surface area (Å²) in [5, 5.41) is 0. The molecule has 3 nitrogen and oxygen atoms in total. The molecule has 2 aromatic carbocycles. The van der Waals surface area contributed by atoms with Gasteiger partial charge in [0.05, 0.1) is 11.6 Å². The molecule has 0 radical (unpaired) electrons. The Balaban J connectivity index is 1.36. The van der Waals surface area contributed by atoms with Crippen LogP contribution in [0.5, 0.6) is 0 Å². The number of benzene rings is 2. The number of fused-ring (bicyclic) bond motifs is 1. The Morgan fingerprint density at radius 2 is 1.69 bits per heavy atom. The van der Waals surface area contributed by atoms with Crippen LogP contribution in [0.1, 0.15) is 17.3 Å². The van der Waals surface area contributed by atoms with Gasteiger partial charge in [-0.3, -0.25) is 0 Å². The summed E-state index contributed by atoms with van der Waals surface area (Å²) in [4.78, 5) is 8.76. The number of allylic oxidation sites excluding steroid dienone is 4. The summed E-state index contributed by atoms with van der Waals surface area (Å²) < 4.78 is 56.8. The smallest absolute Gasteiger partial charge is 0.165 e. The van der Waals surface area contributed by atoms with Crippen LogP contribution in [0.15, 0.2) is 85.0 Å². The van der Waals surface area contributed by atoms with E-state index in [4.69, 9.17) is 0 Å². The zero-order valence-electron chi connectivity index (χ0n) is 16.7. The molecule has 2 aliphatic heterocycles. The second kappa shape index (κ2) is 8.07. The predicted molar refractivity (Wildman–Crippen MR) is 114 cm³/mol. The molecule has 0 spiro atoms. The lowest BCUT2D eigenvalue weighted by Crippen LogP contribution is -2.16. The summed E-state index contributed by atoms with van der Waals surface area (Å²) >= 11 is 0. The van der Waals surface area contributed by atoms with Gasteiger partial charge >= 0.3 is 0 Å². The lowest BCUT2D eigenvalue weighted by Gasteiger charge is -2.15. The fourth-order valence-electron chi connectivity index (χ4n) is 3.79. The van der Waals surface area contributed by atoms with Gasteiger partial charge in [-0.05, 0) is 35.4 Å². The summed E-state index contributed by atoms with van der Waals surface area (Å²) in [5.41, 5.74) is 3.14. The number of nitrogens with zero attached hydrogens (tertiary/aromatic N) is 3. The highest BCUT2D eigenvalue weighted by Crippen LogP contribution is 2.33. The number of hydrogen-bond acceptors (Lipinski definition) is 2. The van der Waals surface area contributed by atoms with Crippen LogP contribution in [-0.4, -0.2) is 20.7 Å². The van der Waals surface area contributed by atoms with Crippen LogP contribution < -0.4 is 0 Å². The Hall–Kier alpha value is -3.74. The molecule has 2 atom stereocenters. The van der Waals surface area contributed by atoms with Crippen LogP contribution in [0, 0.1) is 11.6 Å². The maximum Gasteiger partial charge on any atom is 0.165 e. The summed E-state index contributed by atoms with van der Waals surface area (Å²) in [5.74, 6) is -2.65. The molecule has 5 rings (SSSR count). The zero-order valence-corrected chi connectivity index (χ0v) is 16.7. The Morgan fingerprint density at radius 3 is 2.47 bits per heavy atom. The fourth-order valence-corrected chi connectivity index (χ4v) is 3.79. The molecule has 0 saturated heterocycles. The number of rotatable bonds is 4. The van der Waals surface area contributed by atoms with Gasteiger partial charge in [0.2, 0.25) is 0 Å². The highest BCUT2D eigenvalue weighted by atomic mass is 19.2. The van der Waals surface area contributed by atoms with E-state index in [1.165, 1.54) is 18.2 Å². The first-order valence-electron chi connectivity index (χ1n) is 10.0. The third kappa shape index (κ3) is 3.82. The molecule has 2 unspecified atom stereocenters. The molecule has 2 aromatic rings. The van der Waals surface area contributed by atoms with E-state index in [2.05, 4.69) is 9.97 Å². The molecule has 7 heteroatoms. The Labute approximate surface area is 181 Å². The first-order valence-corrected chi connectivity index (χ1v) is 10.0.